The van der Waals surface area contributed by atoms with E-state index in [-0.39, 0.29) is 11.8 Å². The van der Waals surface area contributed by atoms with E-state index in [2.05, 4.69) is 10.3 Å². The molecule has 1 aromatic carbocycles. The van der Waals surface area contributed by atoms with Gasteiger partial charge in [-0.1, -0.05) is 30.3 Å². The van der Waals surface area contributed by atoms with Crippen molar-refractivity contribution in [3.05, 3.63) is 60.0 Å². The Morgan fingerprint density at radius 2 is 2.09 bits per heavy atom. The minimum atomic E-state index is -0.426. The van der Waals surface area contributed by atoms with Gasteiger partial charge in [-0.05, 0) is 18.9 Å². The normalized spacial score (nSPS) is 13.8. The molecule has 5 heteroatoms. The fraction of sp³-hybridized carbons (Fsp3) is 0.278. The summed E-state index contributed by atoms with van der Waals surface area (Å²) in [6, 6.07) is 13.4. The van der Waals surface area contributed by atoms with Crippen molar-refractivity contribution < 1.29 is 14.3 Å². The highest BCUT2D eigenvalue weighted by Gasteiger charge is 2.17. The minimum Gasteiger partial charge on any atom is -0.463 e. The zero-order valence-corrected chi connectivity index (χ0v) is 13.0. The van der Waals surface area contributed by atoms with Crippen molar-refractivity contribution in [3.63, 3.8) is 0 Å². The Kier molecular flexibility index (Phi) is 4.48. The molecular formula is C18H20N2O3. The van der Waals surface area contributed by atoms with Crippen LogP contribution in [0.2, 0.25) is 0 Å². The van der Waals surface area contributed by atoms with Crippen molar-refractivity contribution in [1.29, 1.82) is 0 Å². The van der Waals surface area contributed by atoms with E-state index in [1.165, 1.54) is 0 Å². The number of carbonyl (C=O) groups excluding carboxylic acids is 1. The summed E-state index contributed by atoms with van der Waals surface area (Å²) in [6.45, 7) is 2.23. The molecule has 3 rings (SSSR count). The highest BCUT2D eigenvalue weighted by molar-refractivity contribution is 5.96. The van der Waals surface area contributed by atoms with Gasteiger partial charge in [-0.15, -0.1) is 0 Å². The van der Waals surface area contributed by atoms with Crippen molar-refractivity contribution in [1.82, 2.24) is 10.3 Å². The SMILES string of the molecule is CC(O)CC(CNC(=O)c1cc2occc2[nH]1)c1ccccc1. The molecule has 0 spiro atoms. The summed E-state index contributed by atoms with van der Waals surface area (Å²) in [4.78, 5) is 15.3. The maximum absolute atomic E-state index is 12.3. The molecule has 3 N–H and O–H groups in total. The Balaban J connectivity index is 1.68. The number of aliphatic hydroxyl groups excluding tert-OH is 1. The molecule has 0 radical (unpaired) electrons. The number of fused-ring (bicyclic) bond motifs is 1. The molecule has 0 aliphatic rings. The third-order valence-electron chi connectivity index (χ3n) is 3.89. The van der Waals surface area contributed by atoms with Gasteiger partial charge in [-0.25, -0.2) is 0 Å². The highest BCUT2D eigenvalue weighted by Crippen LogP contribution is 2.21. The van der Waals surface area contributed by atoms with Crippen molar-refractivity contribution in [3.8, 4) is 0 Å². The third-order valence-corrected chi connectivity index (χ3v) is 3.89. The summed E-state index contributed by atoms with van der Waals surface area (Å²) in [7, 11) is 0. The van der Waals surface area contributed by atoms with Gasteiger partial charge in [0.05, 0.1) is 17.9 Å². The van der Waals surface area contributed by atoms with E-state index in [1.54, 1.807) is 25.3 Å². The average molecular weight is 312 g/mol. The second-order valence-corrected chi connectivity index (χ2v) is 5.78. The third kappa shape index (κ3) is 3.63. The van der Waals surface area contributed by atoms with Crippen molar-refractivity contribution >= 4 is 17.0 Å². The molecule has 0 aliphatic heterocycles. The van der Waals surface area contributed by atoms with E-state index in [0.717, 1.165) is 11.1 Å². The molecule has 0 aliphatic carbocycles. The Morgan fingerprint density at radius 3 is 2.78 bits per heavy atom. The number of aromatic amines is 1. The first-order chi connectivity index (χ1) is 11.1. The largest absolute Gasteiger partial charge is 0.463 e. The van der Waals surface area contributed by atoms with Crippen LogP contribution in [-0.2, 0) is 0 Å². The van der Waals surface area contributed by atoms with Gasteiger partial charge in [0.2, 0.25) is 0 Å². The van der Waals surface area contributed by atoms with Gasteiger partial charge in [0.15, 0.2) is 5.58 Å². The number of rotatable bonds is 6. The lowest BCUT2D eigenvalue weighted by molar-refractivity contribution is 0.0941. The second-order valence-electron chi connectivity index (χ2n) is 5.78. The monoisotopic (exact) mass is 312 g/mol. The molecule has 0 bridgehead atoms. The lowest BCUT2D eigenvalue weighted by Crippen LogP contribution is -2.30. The first-order valence-electron chi connectivity index (χ1n) is 7.71. The first-order valence-corrected chi connectivity index (χ1v) is 7.71. The summed E-state index contributed by atoms with van der Waals surface area (Å²) in [6.07, 6.45) is 1.75. The summed E-state index contributed by atoms with van der Waals surface area (Å²) < 4.78 is 5.25. The maximum atomic E-state index is 12.3. The predicted molar refractivity (Wildman–Crippen MR) is 88.4 cm³/mol. The van der Waals surface area contributed by atoms with Crippen LogP contribution in [0.15, 0.2) is 53.1 Å². The molecule has 2 heterocycles. The smallest absolute Gasteiger partial charge is 0.267 e. The predicted octanol–water partition coefficient (Wildman–Crippen LogP) is 3.05. The van der Waals surface area contributed by atoms with Crippen LogP contribution in [0.25, 0.3) is 11.1 Å². The van der Waals surface area contributed by atoms with E-state index in [9.17, 15) is 9.90 Å². The number of hydrogen-bond donors (Lipinski definition) is 3. The fourth-order valence-corrected chi connectivity index (χ4v) is 2.76. The molecule has 2 atom stereocenters. The first kappa shape index (κ1) is 15.4. The zero-order valence-electron chi connectivity index (χ0n) is 13.0. The number of amides is 1. The van der Waals surface area contributed by atoms with Crippen LogP contribution in [0, 0.1) is 0 Å². The summed E-state index contributed by atoms with van der Waals surface area (Å²) in [5, 5.41) is 12.6. The van der Waals surface area contributed by atoms with Crippen molar-refractivity contribution in [2.24, 2.45) is 0 Å². The van der Waals surface area contributed by atoms with Crippen LogP contribution in [-0.4, -0.2) is 28.6 Å². The van der Waals surface area contributed by atoms with Crippen LogP contribution in [0.4, 0.5) is 0 Å². The van der Waals surface area contributed by atoms with Crippen molar-refractivity contribution in [2.45, 2.75) is 25.4 Å². The van der Waals surface area contributed by atoms with E-state index in [1.807, 2.05) is 30.3 Å². The average Bonchev–Trinajstić information content (AvgIpc) is 3.13. The number of aliphatic hydroxyl groups is 1. The van der Waals surface area contributed by atoms with Gasteiger partial charge in [0, 0.05) is 24.6 Å². The van der Waals surface area contributed by atoms with E-state index in [4.69, 9.17) is 4.42 Å². The Labute approximate surface area is 134 Å². The van der Waals surface area contributed by atoms with Gasteiger partial charge in [0.25, 0.3) is 5.91 Å². The molecule has 3 aromatic rings. The van der Waals surface area contributed by atoms with Gasteiger partial charge < -0.3 is 19.8 Å². The number of H-pyrrole nitrogens is 1. The van der Waals surface area contributed by atoms with Crippen molar-refractivity contribution in [2.75, 3.05) is 6.54 Å². The number of carbonyl (C=O) groups is 1. The molecule has 2 unspecified atom stereocenters. The molecule has 120 valence electrons. The van der Waals surface area contributed by atoms with Crippen LogP contribution in [0.1, 0.15) is 35.3 Å². The van der Waals surface area contributed by atoms with Gasteiger partial charge in [0.1, 0.15) is 5.69 Å². The number of benzene rings is 1. The van der Waals surface area contributed by atoms with Gasteiger partial charge in [-0.3, -0.25) is 4.79 Å². The summed E-state index contributed by atoms with van der Waals surface area (Å²) in [5.74, 6) is -0.110. The molecule has 5 nitrogen and oxygen atoms in total. The summed E-state index contributed by atoms with van der Waals surface area (Å²) in [5.41, 5.74) is 3.05. The summed E-state index contributed by atoms with van der Waals surface area (Å²) >= 11 is 0. The highest BCUT2D eigenvalue weighted by atomic mass is 16.3. The Bertz CT molecular complexity index is 745. The van der Waals surface area contributed by atoms with Crippen LogP contribution >= 0.6 is 0 Å². The zero-order chi connectivity index (χ0) is 16.2. The number of furan rings is 1. The molecule has 1 amide bonds. The van der Waals surface area contributed by atoms with E-state index < -0.39 is 6.10 Å². The molecular weight excluding hydrogens is 292 g/mol. The second kappa shape index (κ2) is 6.71. The van der Waals surface area contributed by atoms with Crippen LogP contribution in [0.5, 0.6) is 0 Å². The Morgan fingerprint density at radius 1 is 1.30 bits per heavy atom. The molecule has 0 saturated carbocycles. The molecule has 2 aromatic heterocycles. The minimum absolute atomic E-state index is 0.0677. The Hall–Kier alpha value is -2.53. The fourth-order valence-electron chi connectivity index (χ4n) is 2.76. The lowest BCUT2D eigenvalue weighted by atomic mass is 9.93. The molecule has 0 saturated heterocycles. The maximum Gasteiger partial charge on any atom is 0.267 e. The number of hydrogen-bond acceptors (Lipinski definition) is 3. The van der Waals surface area contributed by atoms with Crippen LogP contribution in [0.3, 0.4) is 0 Å². The standard InChI is InChI=1S/C18H20N2O3/c1-12(21)9-14(13-5-3-2-4-6-13)11-19-18(22)16-10-17-15(20-16)7-8-23-17/h2-8,10,12,14,20-21H,9,11H2,1H3,(H,19,22). The topological polar surface area (TPSA) is 78.3 Å². The van der Waals surface area contributed by atoms with Gasteiger partial charge in [-0.2, -0.15) is 0 Å². The molecule has 0 fully saturated rings. The number of aromatic nitrogens is 1. The number of nitrogens with one attached hydrogen (secondary N) is 2. The molecule has 23 heavy (non-hydrogen) atoms. The van der Waals surface area contributed by atoms with E-state index in [0.29, 0.717) is 24.2 Å². The lowest BCUT2D eigenvalue weighted by Gasteiger charge is -2.19. The van der Waals surface area contributed by atoms with Gasteiger partial charge >= 0.3 is 0 Å². The van der Waals surface area contributed by atoms with E-state index >= 15 is 0 Å². The van der Waals surface area contributed by atoms with Crippen LogP contribution < -0.4 is 5.32 Å². The quantitative estimate of drug-likeness (QED) is 0.654.